The number of amides is 1. The smallest absolute Gasteiger partial charge is 0.220 e. The molecule has 1 aliphatic heterocycles. The van der Waals surface area contributed by atoms with Gasteiger partial charge in [-0.2, -0.15) is 5.26 Å². The van der Waals surface area contributed by atoms with E-state index < -0.39 is 6.04 Å². The molecule has 1 fully saturated rings. The number of hydrogen-bond donors (Lipinski definition) is 1. The first kappa shape index (κ1) is 29.0. The van der Waals surface area contributed by atoms with E-state index in [1.165, 1.54) is 24.3 Å². The molecule has 0 spiro atoms. The molecule has 1 heterocycles. The molecule has 0 aliphatic carbocycles. The first-order chi connectivity index (χ1) is 18.0. The van der Waals surface area contributed by atoms with E-state index in [1.807, 2.05) is 24.3 Å². The van der Waals surface area contributed by atoms with E-state index in [0.29, 0.717) is 17.9 Å². The van der Waals surface area contributed by atoms with Crippen molar-refractivity contribution in [1.29, 1.82) is 5.26 Å². The molecule has 0 saturated carbocycles. The summed E-state index contributed by atoms with van der Waals surface area (Å²) < 4.78 is 26.9. The Morgan fingerprint density at radius 1 is 0.947 bits per heavy atom. The number of carbonyl (C=O) groups is 1. The summed E-state index contributed by atoms with van der Waals surface area (Å²) in [5, 5.41) is 12.0. The van der Waals surface area contributed by atoms with Crippen LogP contribution in [0.15, 0.2) is 78.9 Å². The molecule has 3 aromatic rings. The summed E-state index contributed by atoms with van der Waals surface area (Å²) in [7, 11) is 0. The molecule has 1 amide bonds. The second kappa shape index (κ2) is 14.4. The number of carbonyl (C=O) groups excluding carboxylic acids is 1. The van der Waals surface area contributed by atoms with Gasteiger partial charge in [-0.25, -0.2) is 8.78 Å². The molecule has 0 radical (unpaired) electrons. The topological polar surface area (TPSA) is 56.1 Å². The van der Waals surface area contributed by atoms with E-state index in [9.17, 15) is 13.6 Å². The van der Waals surface area contributed by atoms with Crippen LogP contribution in [0.1, 0.15) is 54.0 Å². The van der Waals surface area contributed by atoms with Gasteiger partial charge in [0.15, 0.2) is 0 Å². The van der Waals surface area contributed by atoms with Gasteiger partial charge in [-0.1, -0.05) is 48.6 Å². The molecule has 0 atom stereocenters. The zero-order valence-corrected chi connectivity index (χ0v) is 22.0. The van der Waals surface area contributed by atoms with Crippen molar-refractivity contribution in [3.63, 3.8) is 0 Å². The number of nitrogens with one attached hydrogen (secondary N) is 1. The number of halogens is 3. The van der Waals surface area contributed by atoms with Crippen LogP contribution in [0.25, 0.3) is 6.08 Å². The Labute approximate surface area is 229 Å². The number of nitriles is 1. The fourth-order valence-corrected chi connectivity index (χ4v) is 4.70. The van der Waals surface area contributed by atoms with Crippen LogP contribution in [0.2, 0.25) is 0 Å². The third kappa shape index (κ3) is 8.51. The largest absolute Gasteiger partial charge is 0.345 e. The third-order valence-electron chi connectivity index (χ3n) is 6.91. The van der Waals surface area contributed by atoms with Gasteiger partial charge < -0.3 is 5.32 Å². The standard InChI is InChI=1S/C31H31F2N3O.ClH/c32-28-12-8-26(9-13-28)31(27-10-14-29(33)15-11-27)35-30(37)16-7-24-17-20-36(21-18-24)19-1-2-23-3-5-25(22-34)6-4-23;/h1-6,8-15,24,31H,7,16-21H2,(H,35,37);1H/b2-1+;. The van der Waals surface area contributed by atoms with Crippen molar-refractivity contribution in [3.05, 3.63) is 113 Å². The summed E-state index contributed by atoms with van der Waals surface area (Å²) in [4.78, 5) is 15.3. The SMILES string of the molecule is Cl.N#Cc1ccc(/C=C/CN2CCC(CCC(=O)NC(c3ccc(F)cc3)c3ccc(F)cc3)CC2)cc1. The lowest BCUT2D eigenvalue weighted by molar-refractivity contribution is -0.122. The lowest BCUT2D eigenvalue weighted by Gasteiger charge is -2.31. The van der Waals surface area contributed by atoms with Crippen molar-refractivity contribution in [3.8, 4) is 6.07 Å². The second-order valence-corrected chi connectivity index (χ2v) is 9.52. The number of hydrogen-bond acceptors (Lipinski definition) is 3. The molecule has 0 bridgehead atoms. The monoisotopic (exact) mass is 535 g/mol. The molecule has 4 nitrogen and oxygen atoms in total. The Balaban J connectivity index is 0.00000400. The fraction of sp³-hybridized carbons (Fsp3) is 0.290. The van der Waals surface area contributed by atoms with Crippen molar-refractivity contribution in [2.75, 3.05) is 19.6 Å². The van der Waals surface area contributed by atoms with E-state index in [4.69, 9.17) is 5.26 Å². The Morgan fingerprint density at radius 2 is 1.50 bits per heavy atom. The van der Waals surface area contributed by atoms with Crippen molar-refractivity contribution >= 4 is 24.4 Å². The van der Waals surface area contributed by atoms with Crippen LogP contribution in [0.3, 0.4) is 0 Å². The number of nitrogens with zero attached hydrogens (tertiary/aromatic N) is 2. The van der Waals surface area contributed by atoms with E-state index in [-0.39, 0.29) is 29.9 Å². The van der Waals surface area contributed by atoms with Crippen molar-refractivity contribution in [1.82, 2.24) is 10.2 Å². The van der Waals surface area contributed by atoms with Crippen LogP contribution in [0.4, 0.5) is 8.78 Å². The predicted molar refractivity (Wildman–Crippen MR) is 149 cm³/mol. The normalized spacial score (nSPS) is 14.3. The van der Waals surface area contributed by atoms with Gasteiger partial charge >= 0.3 is 0 Å². The summed E-state index contributed by atoms with van der Waals surface area (Å²) >= 11 is 0. The lowest BCUT2D eigenvalue weighted by Crippen LogP contribution is -2.34. The number of benzene rings is 3. The third-order valence-corrected chi connectivity index (χ3v) is 6.91. The zero-order valence-electron chi connectivity index (χ0n) is 21.2. The van der Waals surface area contributed by atoms with Crippen LogP contribution < -0.4 is 5.32 Å². The molecule has 1 aliphatic rings. The maximum atomic E-state index is 13.4. The molecule has 1 saturated heterocycles. The highest BCUT2D eigenvalue weighted by Gasteiger charge is 2.21. The predicted octanol–water partition coefficient (Wildman–Crippen LogP) is 6.67. The Bertz CT molecular complexity index is 1180. The Morgan fingerprint density at radius 3 is 2.03 bits per heavy atom. The van der Waals surface area contributed by atoms with E-state index >= 15 is 0 Å². The molecule has 0 unspecified atom stereocenters. The highest BCUT2D eigenvalue weighted by Crippen LogP contribution is 2.25. The zero-order chi connectivity index (χ0) is 26.0. The maximum Gasteiger partial charge on any atom is 0.220 e. The van der Waals surface area contributed by atoms with Crippen molar-refractivity contribution in [2.45, 2.75) is 31.7 Å². The average Bonchev–Trinajstić information content (AvgIpc) is 2.93. The van der Waals surface area contributed by atoms with E-state index in [2.05, 4.69) is 28.4 Å². The van der Waals surface area contributed by atoms with Crippen molar-refractivity contribution < 1.29 is 13.6 Å². The summed E-state index contributed by atoms with van der Waals surface area (Å²) in [6.07, 6.45) is 7.58. The highest BCUT2D eigenvalue weighted by atomic mass is 35.5. The van der Waals surface area contributed by atoms with Gasteiger partial charge in [0.25, 0.3) is 0 Å². The van der Waals surface area contributed by atoms with E-state index in [0.717, 1.165) is 55.6 Å². The van der Waals surface area contributed by atoms with Gasteiger partial charge in [0.05, 0.1) is 17.7 Å². The molecular formula is C31H32ClF2N3O. The van der Waals surface area contributed by atoms with E-state index in [1.54, 1.807) is 24.3 Å². The van der Waals surface area contributed by atoms with Gasteiger partial charge in [-0.05, 0) is 91.4 Å². The van der Waals surface area contributed by atoms with Crippen LogP contribution in [-0.2, 0) is 4.79 Å². The van der Waals surface area contributed by atoms with Gasteiger partial charge in [0.1, 0.15) is 11.6 Å². The molecule has 38 heavy (non-hydrogen) atoms. The minimum absolute atomic E-state index is 0. The minimum Gasteiger partial charge on any atom is -0.345 e. The molecule has 198 valence electrons. The summed E-state index contributed by atoms with van der Waals surface area (Å²) in [6, 6.07) is 21.3. The summed E-state index contributed by atoms with van der Waals surface area (Å²) in [6.45, 7) is 2.87. The molecule has 7 heteroatoms. The second-order valence-electron chi connectivity index (χ2n) is 9.52. The number of likely N-dealkylation sites (tertiary alicyclic amines) is 1. The highest BCUT2D eigenvalue weighted by molar-refractivity contribution is 5.85. The molecule has 1 N–H and O–H groups in total. The first-order valence-electron chi connectivity index (χ1n) is 12.7. The Hall–Kier alpha value is -3.53. The van der Waals surface area contributed by atoms with Gasteiger partial charge in [-0.15, -0.1) is 12.4 Å². The Kier molecular flexibility index (Phi) is 11.0. The van der Waals surface area contributed by atoms with Crippen LogP contribution >= 0.6 is 12.4 Å². The van der Waals surface area contributed by atoms with Crippen LogP contribution in [0.5, 0.6) is 0 Å². The first-order valence-corrected chi connectivity index (χ1v) is 12.7. The van der Waals surface area contributed by atoms with Crippen molar-refractivity contribution in [2.24, 2.45) is 5.92 Å². The van der Waals surface area contributed by atoms with Gasteiger partial charge in [-0.3, -0.25) is 9.69 Å². The fourth-order valence-electron chi connectivity index (χ4n) is 4.70. The maximum absolute atomic E-state index is 13.4. The molecule has 3 aromatic carbocycles. The molecule has 4 rings (SSSR count). The molecular weight excluding hydrogens is 504 g/mol. The minimum atomic E-state index is -0.460. The summed E-state index contributed by atoms with van der Waals surface area (Å²) in [5.74, 6) is -0.251. The number of rotatable bonds is 9. The van der Waals surface area contributed by atoms with Crippen LogP contribution in [0, 0.1) is 28.9 Å². The van der Waals surface area contributed by atoms with Gasteiger partial charge in [0, 0.05) is 13.0 Å². The van der Waals surface area contributed by atoms with Gasteiger partial charge in [0.2, 0.25) is 5.91 Å². The van der Waals surface area contributed by atoms with Crippen LogP contribution in [-0.4, -0.2) is 30.4 Å². The average molecular weight is 536 g/mol. The summed E-state index contributed by atoms with van der Waals surface area (Å²) in [5.41, 5.74) is 3.25. The molecule has 0 aromatic heterocycles. The lowest BCUT2D eigenvalue weighted by atomic mass is 9.91. The quantitative estimate of drug-likeness (QED) is 0.333. The number of piperidine rings is 1.